The second kappa shape index (κ2) is 8.52. The van der Waals surface area contributed by atoms with Crippen LogP contribution in [0.3, 0.4) is 0 Å². The van der Waals surface area contributed by atoms with Gasteiger partial charge in [-0.15, -0.1) is 0 Å². The molecule has 0 saturated carbocycles. The second-order valence-electron chi connectivity index (χ2n) is 4.87. The number of carbonyl (C=O) groups excluding carboxylic acids is 1. The van der Waals surface area contributed by atoms with E-state index in [1.54, 1.807) is 6.92 Å². The number of nitro groups is 1. The van der Waals surface area contributed by atoms with Crippen LogP contribution in [0.1, 0.15) is 12.5 Å². The normalized spacial score (nSPS) is 10.0. The smallest absolute Gasteiger partial charge is 0.411 e. The highest BCUT2D eigenvalue weighted by atomic mass is 16.6. The summed E-state index contributed by atoms with van der Waals surface area (Å²) in [5, 5.41) is 13.4. The maximum Gasteiger partial charge on any atom is 0.411 e. The van der Waals surface area contributed by atoms with Crippen LogP contribution >= 0.6 is 0 Å². The van der Waals surface area contributed by atoms with E-state index >= 15 is 0 Å². The standard InChI is InChI=1S/C17H18N2O5/c1-2-23-17(20)18-15-9-8-14(19(21)22)12-16(15)24-11-10-13-6-4-3-5-7-13/h3-9,12H,2,10-11H2,1H3,(H,18,20). The minimum atomic E-state index is -0.640. The van der Waals surface area contributed by atoms with Crippen LogP contribution in [0.4, 0.5) is 16.2 Å². The van der Waals surface area contributed by atoms with Crippen LogP contribution in [0.25, 0.3) is 0 Å². The number of benzene rings is 2. The molecule has 0 aliphatic heterocycles. The Balaban J connectivity index is 2.09. The van der Waals surface area contributed by atoms with Gasteiger partial charge < -0.3 is 9.47 Å². The summed E-state index contributed by atoms with van der Waals surface area (Å²) < 4.78 is 10.4. The summed E-state index contributed by atoms with van der Waals surface area (Å²) >= 11 is 0. The van der Waals surface area contributed by atoms with Gasteiger partial charge in [0.2, 0.25) is 0 Å². The van der Waals surface area contributed by atoms with Crippen molar-refractivity contribution in [3.63, 3.8) is 0 Å². The number of anilines is 1. The summed E-state index contributed by atoms with van der Waals surface area (Å²) in [5.41, 5.74) is 1.30. The van der Waals surface area contributed by atoms with Crippen molar-refractivity contribution in [1.29, 1.82) is 0 Å². The Morgan fingerprint density at radius 2 is 1.96 bits per heavy atom. The lowest BCUT2D eigenvalue weighted by atomic mass is 10.2. The first-order chi connectivity index (χ1) is 11.6. The van der Waals surface area contributed by atoms with Crippen LogP contribution in [0.15, 0.2) is 48.5 Å². The van der Waals surface area contributed by atoms with E-state index in [9.17, 15) is 14.9 Å². The number of hydrogen-bond acceptors (Lipinski definition) is 5. The number of amides is 1. The Bertz CT molecular complexity index is 703. The lowest BCUT2D eigenvalue weighted by Crippen LogP contribution is -2.14. The van der Waals surface area contributed by atoms with Gasteiger partial charge in [0.05, 0.1) is 29.9 Å². The molecule has 1 amide bonds. The molecular formula is C17H18N2O5. The molecule has 0 unspecified atom stereocenters. The first-order valence-electron chi connectivity index (χ1n) is 7.49. The molecule has 24 heavy (non-hydrogen) atoms. The fourth-order valence-corrected chi connectivity index (χ4v) is 2.05. The summed E-state index contributed by atoms with van der Waals surface area (Å²) in [6, 6.07) is 13.7. The van der Waals surface area contributed by atoms with Crippen molar-refractivity contribution in [3.05, 3.63) is 64.2 Å². The maximum absolute atomic E-state index is 11.6. The Labute approximate surface area is 139 Å². The van der Waals surface area contributed by atoms with E-state index < -0.39 is 11.0 Å². The Morgan fingerprint density at radius 3 is 2.62 bits per heavy atom. The van der Waals surface area contributed by atoms with Crippen LogP contribution in [0.2, 0.25) is 0 Å². The number of nitro benzene ring substituents is 1. The Hall–Kier alpha value is -3.09. The van der Waals surface area contributed by atoms with Crippen molar-refractivity contribution >= 4 is 17.5 Å². The molecule has 0 saturated heterocycles. The number of nitrogens with zero attached hydrogens (tertiary/aromatic N) is 1. The number of nitrogens with one attached hydrogen (secondary N) is 1. The van der Waals surface area contributed by atoms with Crippen molar-refractivity contribution in [2.45, 2.75) is 13.3 Å². The van der Waals surface area contributed by atoms with Gasteiger partial charge in [0.25, 0.3) is 5.69 Å². The van der Waals surface area contributed by atoms with Crippen molar-refractivity contribution < 1.29 is 19.2 Å². The minimum absolute atomic E-state index is 0.112. The highest BCUT2D eigenvalue weighted by Crippen LogP contribution is 2.29. The highest BCUT2D eigenvalue weighted by Gasteiger charge is 2.14. The zero-order chi connectivity index (χ0) is 17.4. The van der Waals surface area contributed by atoms with E-state index in [0.717, 1.165) is 5.56 Å². The molecule has 7 heteroatoms. The van der Waals surface area contributed by atoms with Gasteiger partial charge in [-0.25, -0.2) is 4.79 Å². The first-order valence-corrected chi connectivity index (χ1v) is 7.49. The fourth-order valence-electron chi connectivity index (χ4n) is 2.05. The molecule has 0 atom stereocenters. The fraction of sp³-hybridized carbons (Fsp3) is 0.235. The topological polar surface area (TPSA) is 90.7 Å². The van der Waals surface area contributed by atoms with Crippen molar-refractivity contribution in [2.24, 2.45) is 0 Å². The zero-order valence-corrected chi connectivity index (χ0v) is 13.2. The zero-order valence-electron chi connectivity index (χ0n) is 13.2. The molecule has 2 aromatic rings. The summed E-state index contributed by atoms with van der Waals surface area (Å²) in [4.78, 5) is 22.0. The third kappa shape index (κ3) is 4.98. The van der Waals surface area contributed by atoms with Crippen molar-refractivity contribution in [1.82, 2.24) is 0 Å². The molecule has 0 fully saturated rings. The molecule has 0 aliphatic rings. The quantitative estimate of drug-likeness (QED) is 0.616. The Kier molecular flexibility index (Phi) is 6.13. The number of ether oxygens (including phenoxy) is 2. The van der Waals surface area contributed by atoms with Gasteiger partial charge in [-0.1, -0.05) is 30.3 Å². The molecule has 1 N–H and O–H groups in total. The third-order valence-electron chi connectivity index (χ3n) is 3.18. The molecule has 2 aromatic carbocycles. The number of non-ortho nitro benzene ring substituents is 1. The van der Waals surface area contributed by atoms with Gasteiger partial charge in [0, 0.05) is 12.5 Å². The molecule has 0 bridgehead atoms. The van der Waals surface area contributed by atoms with Crippen LogP contribution in [0, 0.1) is 10.1 Å². The van der Waals surface area contributed by atoms with Crippen LogP contribution in [-0.2, 0) is 11.2 Å². The summed E-state index contributed by atoms with van der Waals surface area (Å²) in [6.07, 6.45) is 0.00168. The van der Waals surface area contributed by atoms with Gasteiger partial charge in [-0.3, -0.25) is 15.4 Å². The molecule has 0 heterocycles. The maximum atomic E-state index is 11.6. The largest absolute Gasteiger partial charge is 0.491 e. The van der Waals surface area contributed by atoms with Gasteiger partial charge >= 0.3 is 6.09 Å². The van der Waals surface area contributed by atoms with E-state index in [0.29, 0.717) is 18.7 Å². The highest BCUT2D eigenvalue weighted by molar-refractivity contribution is 5.87. The SMILES string of the molecule is CCOC(=O)Nc1ccc([N+](=O)[O-])cc1OCCc1ccccc1. The molecule has 0 aromatic heterocycles. The molecule has 0 radical (unpaired) electrons. The summed E-state index contributed by atoms with van der Waals surface area (Å²) in [7, 11) is 0. The molecule has 2 rings (SSSR count). The van der Waals surface area contributed by atoms with Crippen molar-refractivity contribution in [2.75, 3.05) is 18.5 Å². The average molecular weight is 330 g/mol. The molecule has 0 aliphatic carbocycles. The lowest BCUT2D eigenvalue weighted by molar-refractivity contribution is -0.384. The van der Waals surface area contributed by atoms with Crippen molar-refractivity contribution in [3.8, 4) is 5.75 Å². The summed E-state index contributed by atoms with van der Waals surface area (Å²) in [6.45, 7) is 2.23. The molecule has 0 spiro atoms. The third-order valence-corrected chi connectivity index (χ3v) is 3.18. The van der Waals surface area contributed by atoms with Crippen LogP contribution in [0.5, 0.6) is 5.75 Å². The van der Waals surface area contributed by atoms with E-state index in [4.69, 9.17) is 9.47 Å². The predicted molar refractivity (Wildman–Crippen MR) is 89.4 cm³/mol. The summed E-state index contributed by atoms with van der Waals surface area (Å²) in [5.74, 6) is 0.230. The molecule has 7 nitrogen and oxygen atoms in total. The molecule has 126 valence electrons. The number of rotatable bonds is 7. The minimum Gasteiger partial charge on any atom is -0.491 e. The molecular weight excluding hydrogens is 312 g/mol. The van der Waals surface area contributed by atoms with E-state index in [-0.39, 0.29) is 18.0 Å². The Morgan fingerprint density at radius 1 is 1.21 bits per heavy atom. The van der Waals surface area contributed by atoms with E-state index in [2.05, 4.69) is 5.32 Å². The van der Waals surface area contributed by atoms with Gasteiger partial charge in [-0.05, 0) is 18.6 Å². The van der Waals surface area contributed by atoms with Crippen LogP contribution < -0.4 is 10.1 Å². The van der Waals surface area contributed by atoms with Gasteiger partial charge in [-0.2, -0.15) is 0 Å². The average Bonchev–Trinajstić information content (AvgIpc) is 2.57. The second-order valence-corrected chi connectivity index (χ2v) is 4.87. The number of carbonyl (C=O) groups is 1. The van der Waals surface area contributed by atoms with E-state index in [1.807, 2.05) is 30.3 Å². The monoisotopic (exact) mass is 330 g/mol. The first kappa shape index (κ1) is 17.3. The van der Waals surface area contributed by atoms with Crippen LogP contribution in [-0.4, -0.2) is 24.2 Å². The van der Waals surface area contributed by atoms with E-state index in [1.165, 1.54) is 18.2 Å². The predicted octanol–water partition coefficient (Wildman–Crippen LogP) is 3.78. The van der Waals surface area contributed by atoms with Gasteiger partial charge in [0.1, 0.15) is 5.75 Å². The number of hydrogen-bond donors (Lipinski definition) is 1. The lowest BCUT2D eigenvalue weighted by Gasteiger charge is -2.12. The van der Waals surface area contributed by atoms with Gasteiger partial charge in [0.15, 0.2) is 0 Å².